The normalized spacial score (nSPS) is 11.0. The van der Waals surface area contributed by atoms with Gasteiger partial charge < -0.3 is 9.15 Å². The lowest BCUT2D eigenvalue weighted by atomic mass is 10.2. The third kappa shape index (κ3) is 5.37. The zero-order chi connectivity index (χ0) is 20.1. The number of benzene rings is 2. The van der Waals surface area contributed by atoms with E-state index in [2.05, 4.69) is 15.2 Å². The Morgan fingerprint density at radius 1 is 0.966 bits per heavy atom. The van der Waals surface area contributed by atoms with Crippen LogP contribution in [0.25, 0.3) is 11.5 Å². The van der Waals surface area contributed by atoms with Crippen LogP contribution < -0.4 is 4.74 Å². The Kier molecular flexibility index (Phi) is 6.48. The number of aromatic nitrogens is 3. The Morgan fingerprint density at radius 2 is 1.66 bits per heavy atom. The molecule has 0 aliphatic heterocycles. The number of hydrogen-bond acceptors (Lipinski definition) is 8. The molecule has 2 aromatic carbocycles. The van der Waals surface area contributed by atoms with Gasteiger partial charge in [0.05, 0.1) is 12.8 Å². The molecule has 5 nitrogen and oxygen atoms in total. The molecule has 0 atom stereocenters. The number of hydrogen-bond donors (Lipinski definition) is 0. The van der Waals surface area contributed by atoms with Crippen molar-refractivity contribution in [2.24, 2.45) is 0 Å². The fraction of sp³-hybridized carbons (Fsp3) is 0.150. The Bertz CT molecular complexity index is 1070. The van der Waals surface area contributed by atoms with Crippen LogP contribution in [0.5, 0.6) is 5.75 Å². The minimum atomic E-state index is -0.284. The van der Waals surface area contributed by atoms with Gasteiger partial charge in [0.1, 0.15) is 17.8 Å². The van der Waals surface area contributed by atoms with Crippen molar-refractivity contribution >= 4 is 34.9 Å². The second-order valence-electron chi connectivity index (χ2n) is 5.91. The van der Waals surface area contributed by atoms with Crippen LogP contribution in [-0.4, -0.2) is 22.3 Å². The van der Waals surface area contributed by atoms with Crippen LogP contribution in [0.2, 0.25) is 0 Å². The van der Waals surface area contributed by atoms with E-state index in [0.717, 1.165) is 31.4 Å². The zero-order valence-electron chi connectivity index (χ0n) is 15.4. The highest BCUT2D eigenvalue weighted by molar-refractivity contribution is 8.02. The summed E-state index contributed by atoms with van der Waals surface area (Å²) in [4.78, 5) is 4.45. The first-order valence-electron chi connectivity index (χ1n) is 8.62. The number of oxazole rings is 1. The van der Waals surface area contributed by atoms with Crippen LogP contribution in [-0.2, 0) is 11.5 Å². The molecule has 0 aliphatic carbocycles. The maximum atomic E-state index is 13.0. The van der Waals surface area contributed by atoms with Crippen molar-refractivity contribution in [2.45, 2.75) is 20.2 Å². The Balaban J connectivity index is 1.29. The maximum Gasteiger partial charge on any atom is 0.226 e. The van der Waals surface area contributed by atoms with Gasteiger partial charge in [0.25, 0.3) is 0 Å². The highest BCUT2D eigenvalue weighted by atomic mass is 32.2. The van der Waals surface area contributed by atoms with Gasteiger partial charge in [0, 0.05) is 17.1 Å². The Hall–Kier alpha value is -2.36. The lowest BCUT2D eigenvalue weighted by molar-refractivity contribution is 0.414. The number of halogens is 1. The van der Waals surface area contributed by atoms with Crippen LogP contribution in [0, 0.1) is 5.82 Å². The van der Waals surface area contributed by atoms with Crippen LogP contribution in [0.15, 0.2) is 67.9 Å². The second kappa shape index (κ2) is 9.43. The van der Waals surface area contributed by atoms with Crippen LogP contribution >= 0.6 is 34.9 Å². The summed E-state index contributed by atoms with van der Waals surface area (Å²) in [5.74, 6) is 2.50. The van der Waals surface area contributed by atoms with E-state index in [4.69, 9.17) is 9.15 Å². The van der Waals surface area contributed by atoms with E-state index in [1.165, 1.54) is 17.7 Å². The monoisotopic (exact) mass is 445 g/mol. The van der Waals surface area contributed by atoms with E-state index in [1.807, 2.05) is 24.3 Å². The molecule has 0 spiro atoms. The summed E-state index contributed by atoms with van der Waals surface area (Å²) in [5.41, 5.74) is 2.75. The average molecular weight is 446 g/mol. The number of methoxy groups -OCH3 is 1. The van der Waals surface area contributed by atoms with Gasteiger partial charge in [-0.1, -0.05) is 47.0 Å². The second-order valence-corrected chi connectivity index (χ2v) is 9.33. The smallest absolute Gasteiger partial charge is 0.226 e. The molecule has 0 aliphatic rings. The minimum absolute atomic E-state index is 0.284. The van der Waals surface area contributed by atoms with Gasteiger partial charge >= 0.3 is 0 Å². The first-order chi connectivity index (χ1) is 14.2. The molecule has 29 heavy (non-hydrogen) atoms. The highest BCUT2D eigenvalue weighted by Crippen LogP contribution is 2.32. The fourth-order valence-electron chi connectivity index (χ4n) is 2.41. The Labute approximate surface area is 179 Å². The van der Waals surface area contributed by atoms with Crippen molar-refractivity contribution in [1.82, 2.24) is 15.2 Å². The van der Waals surface area contributed by atoms with Crippen molar-refractivity contribution in [3.63, 3.8) is 0 Å². The summed E-state index contributed by atoms with van der Waals surface area (Å²) in [5, 5.41) is 8.48. The van der Waals surface area contributed by atoms with E-state index in [9.17, 15) is 4.39 Å². The molecule has 0 bridgehead atoms. The maximum absolute atomic E-state index is 13.0. The molecule has 0 radical (unpaired) electrons. The van der Waals surface area contributed by atoms with Crippen molar-refractivity contribution in [2.75, 3.05) is 7.11 Å². The summed E-state index contributed by atoms with van der Waals surface area (Å²) in [7, 11) is 1.66. The van der Waals surface area contributed by atoms with Crippen molar-refractivity contribution in [3.8, 4) is 17.2 Å². The molecule has 0 saturated carbocycles. The number of rotatable bonds is 8. The van der Waals surface area contributed by atoms with E-state index in [-0.39, 0.29) is 5.82 Å². The lowest BCUT2D eigenvalue weighted by Gasteiger charge is -2.01. The molecule has 0 fully saturated rings. The zero-order valence-corrected chi connectivity index (χ0v) is 17.8. The van der Waals surface area contributed by atoms with Crippen LogP contribution in [0.1, 0.15) is 11.3 Å². The molecule has 0 N–H and O–H groups in total. The number of ether oxygens (including phenoxy) is 1. The fourth-order valence-corrected chi connectivity index (χ4v) is 5.27. The summed E-state index contributed by atoms with van der Waals surface area (Å²) < 4.78 is 25.5. The molecule has 0 amide bonds. The Morgan fingerprint density at radius 3 is 2.34 bits per heavy atom. The first kappa shape index (κ1) is 19.9. The van der Waals surface area contributed by atoms with E-state index < -0.39 is 0 Å². The summed E-state index contributed by atoms with van der Waals surface area (Å²) >= 11 is 4.79. The molecule has 2 heterocycles. The van der Waals surface area contributed by atoms with Gasteiger partial charge in [-0.25, -0.2) is 9.37 Å². The molecule has 0 saturated heterocycles. The standard InChI is InChI=1S/C20H16FN3O2S3/c1-25-17-8-2-13(3-9-17)11-27-19-23-24-20(29-19)28-12-16-10-26-18(22-16)14-4-6-15(21)7-5-14/h2-10H,11-12H2,1H3. The highest BCUT2D eigenvalue weighted by Gasteiger charge is 2.10. The largest absolute Gasteiger partial charge is 0.497 e. The van der Waals surface area contributed by atoms with Gasteiger partial charge in [0.15, 0.2) is 8.68 Å². The van der Waals surface area contributed by atoms with E-state index in [1.54, 1.807) is 60.4 Å². The molecule has 9 heteroatoms. The van der Waals surface area contributed by atoms with Gasteiger partial charge in [-0.2, -0.15) is 0 Å². The summed E-state index contributed by atoms with van der Waals surface area (Å²) in [6, 6.07) is 14.1. The molecule has 4 rings (SSSR count). The van der Waals surface area contributed by atoms with Crippen molar-refractivity contribution in [1.29, 1.82) is 0 Å². The number of thioether (sulfide) groups is 2. The summed E-state index contributed by atoms with van der Waals surface area (Å²) in [6.45, 7) is 0. The molecule has 4 aromatic rings. The number of nitrogens with zero attached hydrogens (tertiary/aromatic N) is 3. The molecule has 2 aromatic heterocycles. The third-order valence-corrected chi connectivity index (χ3v) is 7.19. The van der Waals surface area contributed by atoms with Crippen LogP contribution in [0.4, 0.5) is 4.39 Å². The third-order valence-electron chi connectivity index (χ3n) is 3.90. The summed E-state index contributed by atoms with van der Waals surface area (Å²) in [6.07, 6.45) is 1.62. The van der Waals surface area contributed by atoms with E-state index >= 15 is 0 Å². The SMILES string of the molecule is COc1ccc(CSc2nnc(SCc3coc(-c4ccc(F)cc4)n3)s2)cc1. The molecular formula is C20H16FN3O2S3. The average Bonchev–Trinajstić information content (AvgIpc) is 3.41. The molecule has 148 valence electrons. The van der Waals surface area contributed by atoms with Gasteiger partial charge in [-0.3, -0.25) is 0 Å². The van der Waals surface area contributed by atoms with E-state index in [0.29, 0.717) is 11.6 Å². The van der Waals surface area contributed by atoms with Gasteiger partial charge in [0.2, 0.25) is 5.89 Å². The predicted octanol–water partition coefficient (Wildman–Crippen LogP) is 5.93. The predicted molar refractivity (Wildman–Crippen MR) is 114 cm³/mol. The van der Waals surface area contributed by atoms with Gasteiger partial charge in [-0.05, 0) is 42.0 Å². The molecule has 0 unspecified atom stereocenters. The van der Waals surface area contributed by atoms with Gasteiger partial charge in [-0.15, -0.1) is 10.2 Å². The molecular weight excluding hydrogens is 429 g/mol. The topological polar surface area (TPSA) is 61.0 Å². The minimum Gasteiger partial charge on any atom is -0.497 e. The quantitative estimate of drug-likeness (QED) is 0.312. The lowest BCUT2D eigenvalue weighted by Crippen LogP contribution is -1.84. The first-order valence-corrected chi connectivity index (χ1v) is 11.4. The van der Waals surface area contributed by atoms with Crippen molar-refractivity contribution in [3.05, 3.63) is 71.9 Å². The van der Waals surface area contributed by atoms with Crippen molar-refractivity contribution < 1.29 is 13.5 Å². The van der Waals surface area contributed by atoms with Crippen LogP contribution in [0.3, 0.4) is 0 Å².